The van der Waals surface area contributed by atoms with Gasteiger partial charge in [0.05, 0.1) is 17.6 Å². The minimum atomic E-state index is 0.790. The summed E-state index contributed by atoms with van der Waals surface area (Å²) in [6.07, 6.45) is 8.11. The molecule has 0 aliphatic rings. The van der Waals surface area contributed by atoms with Crippen molar-refractivity contribution in [2.75, 3.05) is 26.4 Å². The maximum Gasteiger partial charge on any atom is 0.169 e. The van der Waals surface area contributed by atoms with Gasteiger partial charge < -0.3 is 9.47 Å². The Labute approximate surface area is 143 Å². The van der Waals surface area contributed by atoms with Crippen molar-refractivity contribution in [1.82, 2.24) is 14.5 Å². The fraction of sp³-hybridized carbons (Fsp3) is 0.316. The molecule has 2 rings (SSSR count). The number of rotatable bonds is 8. The summed E-state index contributed by atoms with van der Waals surface area (Å²) in [5.74, 6) is 1.03. The minimum Gasteiger partial charge on any atom is -0.314 e. The molecule has 0 unspecified atom stereocenters. The summed E-state index contributed by atoms with van der Waals surface area (Å²) < 4.78 is 2.28. The first-order chi connectivity index (χ1) is 11.2. The average Bonchev–Trinajstić information content (AvgIpc) is 2.88. The molecule has 0 N–H and O–H groups in total. The lowest BCUT2D eigenvalue weighted by Gasteiger charge is -2.11. The first-order valence-electron chi connectivity index (χ1n) is 7.82. The van der Waals surface area contributed by atoms with E-state index < -0.39 is 0 Å². The molecule has 1 heterocycles. The molecule has 1 aromatic heterocycles. The first-order valence-corrected chi connectivity index (χ1v) is 8.81. The van der Waals surface area contributed by atoms with Crippen molar-refractivity contribution in [2.24, 2.45) is 0 Å². The van der Waals surface area contributed by atoms with E-state index in [4.69, 9.17) is 4.98 Å². The summed E-state index contributed by atoms with van der Waals surface area (Å²) in [5.41, 5.74) is 3.41. The second-order valence-corrected chi connectivity index (χ2v) is 6.65. The third-order valence-corrected chi connectivity index (χ3v) is 4.45. The smallest absolute Gasteiger partial charge is 0.169 e. The highest BCUT2D eigenvalue weighted by Gasteiger charge is 2.11. The molecule has 0 spiro atoms. The number of allylic oxidation sites excluding steroid dienone is 5. The largest absolute Gasteiger partial charge is 0.314 e. The van der Waals surface area contributed by atoms with E-state index in [0.717, 1.165) is 29.5 Å². The van der Waals surface area contributed by atoms with Crippen molar-refractivity contribution in [2.45, 2.75) is 18.6 Å². The van der Waals surface area contributed by atoms with Crippen molar-refractivity contribution in [3.05, 3.63) is 60.7 Å². The number of para-hydroxylation sites is 2. The van der Waals surface area contributed by atoms with Gasteiger partial charge in [-0.05, 0) is 38.7 Å². The molecule has 0 saturated heterocycles. The number of thioether (sulfide) groups is 1. The van der Waals surface area contributed by atoms with E-state index in [9.17, 15) is 0 Å². The van der Waals surface area contributed by atoms with E-state index in [1.807, 2.05) is 36.9 Å². The molecule has 0 fully saturated rings. The van der Waals surface area contributed by atoms with E-state index in [0.29, 0.717) is 0 Å². The molecule has 0 aliphatic carbocycles. The van der Waals surface area contributed by atoms with Crippen LogP contribution in [-0.2, 0) is 6.54 Å². The quantitative estimate of drug-likeness (QED) is 0.530. The third kappa shape index (κ3) is 4.85. The van der Waals surface area contributed by atoms with Crippen molar-refractivity contribution in [3.63, 3.8) is 0 Å². The van der Waals surface area contributed by atoms with E-state index >= 15 is 0 Å². The average molecular weight is 327 g/mol. The predicted octanol–water partition coefficient (Wildman–Crippen LogP) is 4.38. The molecule has 0 atom stereocenters. The molecule has 0 saturated carbocycles. The van der Waals surface area contributed by atoms with Gasteiger partial charge in [0.1, 0.15) is 0 Å². The molecule has 122 valence electrons. The van der Waals surface area contributed by atoms with E-state index in [2.05, 4.69) is 60.5 Å². The lowest BCUT2D eigenvalue weighted by molar-refractivity contribution is 0.437. The van der Waals surface area contributed by atoms with Gasteiger partial charge in [0.15, 0.2) is 5.16 Å². The number of nitrogens with zero attached hydrogens (tertiary/aromatic N) is 3. The van der Waals surface area contributed by atoms with Crippen LogP contribution in [0, 0.1) is 0 Å². The molecule has 0 amide bonds. The van der Waals surface area contributed by atoms with Crippen LogP contribution in [-0.4, -0.2) is 40.8 Å². The Morgan fingerprint density at radius 2 is 2.13 bits per heavy atom. The Balaban J connectivity index is 2.32. The van der Waals surface area contributed by atoms with E-state index in [1.54, 1.807) is 0 Å². The van der Waals surface area contributed by atoms with Gasteiger partial charge in [-0.3, -0.25) is 0 Å². The summed E-state index contributed by atoms with van der Waals surface area (Å²) >= 11 is 1.81. The maximum atomic E-state index is 4.81. The Kier molecular flexibility index (Phi) is 6.68. The van der Waals surface area contributed by atoms with Crippen LogP contribution >= 0.6 is 11.8 Å². The standard InChI is InChI=1S/C19H25N3S/c1-5-7-10-16(6-2)15-22-18-12-9-8-11-17(18)20-19(22)23-14-13-21(3)4/h5-12H,2,13-15H2,1,3-4H3/b7-5-,16-10+. The second-order valence-electron chi connectivity index (χ2n) is 5.59. The number of imidazole rings is 1. The van der Waals surface area contributed by atoms with Crippen LogP contribution in [0.25, 0.3) is 11.0 Å². The first kappa shape index (κ1) is 17.6. The van der Waals surface area contributed by atoms with Crippen LogP contribution in [0.2, 0.25) is 0 Å². The number of benzene rings is 1. The molecule has 3 nitrogen and oxygen atoms in total. The molecule has 2 aromatic rings. The lowest BCUT2D eigenvalue weighted by Crippen LogP contribution is -2.15. The number of fused-ring (bicyclic) bond motifs is 1. The number of aromatic nitrogens is 2. The highest BCUT2D eigenvalue weighted by molar-refractivity contribution is 7.99. The van der Waals surface area contributed by atoms with Crippen LogP contribution in [0.1, 0.15) is 6.92 Å². The van der Waals surface area contributed by atoms with Crippen molar-refractivity contribution in [1.29, 1.82) is 0 Å². The van der Waals surface area contributed by atoms with Gasteiger partial charge in [-0.1, -0.05) is 54.8 Å². The predicted molar refractivity (Wildman–Crippen MR) is 102 cm³/mol. The van der Waals surface area contributed by atoms with Crippen molar-refractivity contribution < 1.29 is 0 Å². The zero-order chi connectivity index (χ0) is 16.7. The minimum absolute atomic E-state index is 0.790. The van der Waals surface area contributed by atoms with Gasteiger partial charge in [-0.15, -0.1) is 0 Å². The van der Waals surface area contributed by atoms with Gasteiger partial charge in [-0.2, -0.15) is 0 Å². The molecular formula is C19H25N3S. The molecule has 0 bridgehead atoms. The number of hydrogen-bond acceptors (Lipinski definition) is 3. The summed E-state index contributed by atoms with van der Waals surface area (Å²) in [7, 11) is 4.19. The summed E-state index contributed by atoms with van der Waals surface area (Å²) in [6, 6.07) is 8.32. The van der Waals surface area contributed by atoms with Crippen LogP contribution in [0.15, 0.2) is 65.9 Å². The van der Waals surface area contributed by atoms with Crippen LogP contribution in [0.3, 0.4) is 0 Å². The number of hydrogen-bond donors (Lipinski definition) is 0. The lowest BCUT2D eigenvalue weighted by atomic mass is 10.2. The van der Waals surface area contributed by atoms with Crippen molar-refractivity contribution in [3.8, 4) is 0 Å². The third-order valence-electron chi connectivity index (χ3n) is 3.49. The van der Waals surface area contributed by atoms with E-state index in [1.165, 1.54) is 11.1 Å². The zero-order valence-corrected chi connectivity index (χ0v) is 15.0. The highest BCUT2D eigenvalue weighted by atomic mass is 32.2. The van der Waals surface area contributed by atoms with Gasteiger partial charge in [-0.25, -0.2) is 4.98 Å². The SMILES string of the molecule is C=C/C(=C\C=C/C)Cn1c(SCCN(C)C)nc2ccccc21. The molecular weight excluding hydrogens is 302 g/mol. The van der Waals surface area contributed by atoms with Crippen LogP contribution < -0.4 is 0 Å². The fourth-order valence-corrected chi connectivity index (χ4v) is 3.34. The van der Waals surface area contributed by atoms with Crippen molar-refractivity contribution >= 4 is 22.8 Å². The molecule has 4 heteroatoms. The van der Waals surface area contributed by atoms with Gasteiger partial charge in [0.2, 0.25) is 0 Å². The Hall–Kier alpha value is -1.78. The molecule has 1 aromatic carbocycles. The summed E-state index contributed by atoms with van der Waals surface area (Å²) in [4.78, 5) is 7.00. The van der Waals surface area contributed by atoms with Gasteiger partial charge in [0, 0.05) is 12.3 Å². The van der Waals surface area contributed by atoms with Crippen LogP contribution in [0.5, 0.6) is 0 Å². The normalized spacial score (nSPS) is 12.6. The maximum absolute atomic E-state index is 4.81. The second kappa shape index (κ2) is 8.75. The molecule has 0 radical (unpaired) electrons. The van der Waals surface area contributed by atoms with Gasteiger partial charge >= 0.3 is 0 Å². The monoisotopic (exact) mass is 327 g/mol. The fourth-order valence-electron chi connectivity index (χ4n) is 2.22. The highest BCUT2D eigenvalue weighted by Crippen LogP contribution is 2.25. The molecule has 0 aliphatic heterocycles. The zero-order valence-electron chi connectivity index (χ0n) is 14.2. The van der Waals surface area contributed by atoms with Crippen LogP contribution in [0.4, 0.5) is 0 Å². The Morgan fingerprint density at radius 1 is 1.35 bits per heavy atom. The molecule has 23 heavy (non-hydrogen) atoms. The summed E-state index contributed by atoms with van der Waals surface area (Å²) in [6.45, 7) is 7.79. The Morgan fingerprint density at radius 3 is 2.83 bits per heavy atom. The summed E-state index contributed by atoms with van der Waals surface area (Å²) in [5, 5.41) is 1.07. The topological polar surface area (TPSA) is 21.1 Å². The Bertz CT molecular complexity index is 710. The van der Waals surface area contributed by atoms with E-state index in [-0.39, 0.29) is 0 Å². The van der Waals surface area contributed by atoms with Gasteiger partial charge in [0.25, 0.3) is 0 Å².